The predicted molar refractivity (Wildman–Crippen MR) is 45.3 cm³/mol. The van der Waals surface area contributed by atoms with Gasteiger partial charge in [0.05, 0.1) is 6.33 Å². The Balaban J connectivity index is 2.68. The van der Waals surface area contributed by atoms with Gasteiger partial charge in [-0.1, -0.05) is 0 Å². The minimum atomic E-state index is 0.219. The molecule has 62 valence electrons. The van der Waals surface area contributed by atoms with Crippen LogP contribution in [0.5, 0.6) is 0 Å². The van der Waals surface area contributed by atoms with E-state index in [1.165, 1.54) is 5.69 Å². The van der Waals surface area contributed by atoms with Crippen molar-refractivity contribution in [3.8, 4) is 0 Å². The van der Waals surface area contributed by atoms with E-state index in [1.54, 1.807) is 0 Å². The van der Waals surface area contributed by atoms with Crippen molar-refractivity contribution in [3.63, 3.8) is 0 Å². The van der Waals surface area contributed by atoms with E-state index >= 15 is 0 Å². The minimum Gasteiger partial charge on any atom is -0.335 e. The lowest BCUT2D eigenvalue weighted by molar-refractivity contribution is 0.653. The predicted octanol–water partition coefficient (Wildman–Crippen LogP) is 0.793. The fraction of sp³-hybridized carbons (Fsp3) is 0.625. The Morgan fingerprint density at radius 3 is 3.00 bits per heavy atom. The Morgan fingerprint density at radius 2 is 2.45 bits per heavy atom. The van der Waals surface area contributed by atoms with Gasteiger partial charge in [0.1, 0.15) is 0 Å². The van der Waals surface area contributed by atoms with Crippen molar-refractivity contribution in [1.29, 1.82) is 0 Å². The Morgan fingerprint density at radius 1 is 1.73 bits per heavy atom. The van der Waals surface area contributed by atoms with E-state index in [1.807, 2.05) is 19.4 Å². The molecule has 1 heterocycles. The summed E-state index contributed by atoms with van der Waals surface area (Å²) < 4.78 is 2.11. The molecule has 0 bridgehead atoms. The molecule has 2 N–H and O–H groups in total. The molecule has 3 heteroatoms. The standard InChI is InChI=1S/C8H15N3/c1-3-11-6-10-5-8(11)4-7(2)9/h5-7H,3-4,9H2,1-2H3. The summed E-state index contributed by atoms with van der Waals surface area (Å²) in [6, 6.07) is 0.219. The highest BCUT2D eigenvalue weighted by atomic mass is 15.0. The van der Waals surface area contributed by atoms with Crippen LogP contribution < -0.4 is 5.73 Å². The minimum absolute atomic E-state index is 0.219. The van der Waals surface area contributed by atoms with Crippen LogP contribution in [0.2, 0.25) is 0 Å². The Hall–Kier alpha value is -0.830. The summed E-state index contributed by atoms with van der Waals surface area (Å²) in [6.07, 6.45) is 4.64. The molecule has 0 aliphatic heterocycles. The van der Waals surface area contributed by atoms with Gasteiger partial charge in [0.15, 0.2) is 0 Å². The highest BCUT2D eigenvalue weighted by Gasteiger charge is 2.02. The number of hydrogen-bond acceptors (Lipinski definition) is 2. The zero-order chi connectivity index (χ0) is 8.27. The van der Waals surface area contributed by atoms with E-state index < -0.39 is 0 Å². The molecular weight excluding hydrogens is 138 g/mol. The quantitative estimate of drug-likeness (QED) is 0.697. The second-order valence-electron chi connectivity index (χ2n) is 2.85. The first-order valence-electron chi connectivity index (χ1n) is 3.98. The molecule has 0 amide bonds. The molecule has 1 aromatic rings. The zero-order valence-electron chi connectivity index (χ0n) is 7.12. The molecule has 1 unspecified atom stereocenters. The first-order valence-corrected chi connectivity index (χ1v) is 3.98. The summed E-state index contributed by atoms with van der Waals surface area (Å²) in [5, 5.41) is 0. The Bertz CT molecular complexity index is 215. The van der Waals surface area contributed by atoms with Crippen LogP contribution in [0.25, 0.3) is 0 Å². The molecular formula is C8H15N3. The van der Waals surface area contributed by atoms with Crippen molar-refractivity contribution in [2.75, 3.05) is 0 Å². The fourth-order valence-corrected chi connectivity index (χ4v) is 1.13. The second kappa shape index (κ2) is 3.53. The van der Waals surface area contributed by atoms with Crippen molar-refractivity contribution in [1.82, 2.24) is 9.55 Å². The highest BCUT2D eigenvalue weighted by molar-refractivity contribution is 4.99. The summed E-state index contributed by atoms with van der Waals surface area (Å²) >= 11 is 0. The highest BCUT2D eigenvalue weighted by Crippen LogP contribution is 2.01. The van der Waals surface area contributed by atoms with Gasteiger partial charge >= 0.3 is 0 Å². The second-order valence-corrected chi connectivity index (χ2v) is 2.85. The van der Waals surface area contributed by atoms with E-state index in [4.69, 9.17) is 5.73 Å². The van der Waals surface area contributed by atoms with Gasteiger partial charge < -0.3 is 10.3 Å². The molecule has 0 saturated carbocycles. The molecule has 11 heavy (non-hydrogen) atoms. The maximum absolute atomic E-state index is 5.67. The van der Waals surface area contributed by atoms with Crippen LogP contribution >= 0.6 is 0 Å². The third-order valence-electron chi connectivity index (χ3n) is 1.67. The molecule has 1 atom stereocenters. The molecule has 1 rings (SSSR count). The molecule has 0 radical (unpaired) electrons. The van der Waals surface area contributed by atoms with Gasteiger partial charge in [-0.3, -0.25) is 0 Å². The Labute approximate surface area is 67.2 Å². The maximum Gasteiger partial charge on any atom is 0.0948 e. The van der Waals surface area contributed by atoms with Gasteiger partial charge in [0, 0.05) is 30.9 Å². The summed E-state index contributed by atoms with van der Waals surface area (Å²) in [7, 11) is 0. The van der Waals surface area contributed by atoms with Gasteiger partial charge in [-0.15, -0.1) is 0 Å². The normalized spacial score (nSPS) is 13.4. The third-order valence-corrected chi connectivity index (χ3v) is 1.67. The molecule has 0 saturated heterocycles. The smallest absolute Gasteiger partial charge is 0.0948 e. The summed E-state index contributed by atoms with van der Waals surface area (Å²) in [4.78, 5) is 4.05. The van der Waals surface area contributed by atoms with Gasteiger partial charge in [-0.25, -0.2) is 4.98 Å². The van der Waals surface area contributed by atoms with Crippen molar-refractivity contribution < 1.29 is 0 Å². The van der Waals surface area contributed by atoms with Crippen LogP contribution in [0, 0.1) is 0 Å². The number of rotatable bonds is 3. The van der Waals surface area contributed by atoms with Crippen LogP contribution in [0.15, 0.2) is 12.5 Å². The number of nitrogens with two attached hydrogens (primary N) is 1. The lowest BCUT2D eigenvalue weighted by Gasteiger charge is -2.06. The molecule has 0 fully saturated rings. The van der Waals surface area contributed by atoms with Gasteiger partial charge in [-0.05, 0) is 13.8 Å². The van der Waals surface area contributed by atoms with E-state index in [0.717, 1.165) is 13.0 Å². The number of aryl methyl sites for hydroxylation is 1. The van der Waals surface area contributed by atoms with Gasteiger partial charge in [0.25, 0.3) is 0 Å². The monoisotopic (exact) mass is 153 g/mol. The van der Waals surface area contributed by atoms with E-state index in [-0.39, 0.29) is 6.04 Å². The van der Waals surface area contributed by atoms with Gasteiger partial charge in [-0.2, -0.15) is 0 Å². The molecule has 1 aromatic heterocycles. The van der Waals surface area contributed by atoms with Crippen LogP contribution in [-0.2, 0) is 13.0 Å². The molecule has 0 spiro atoms. The lowest BCUT2D eigenvalue weighted by atomic mass is 10.2. The molecule has 3 nitrogen and oxygen atoms in total. The fourth-order valence-electron chi connectivity index (χ4n) is 1.13. The van der Waals surface area contributed by atoms with E-state index in [9.17, 15) is 0 Å². The Kier molecular flexibility index (Phi) is 2.65. The summed E-state index contributed by atoms with van der Waals surface area (Å²) in [6.45, 7) is 5.08. The summed E-state index contributed by atoms with van der Waals surface area (Å²) in [5.41, 5.74) is 6.89. The SMILES string of the molecule is CCn1cncc1CC(C)N. The first-order chi connectivity index (χ1) is 5.24. The number of nitrogens with zero attached hydrogens (tertiary/aromatic N) is 2. The van der Waals surface area contributed by atoms with Crippen molar-refractivity contribution in [2.24, 2.45) is 5.73 Å². The van der Waals surface area contributed by atoms with Crippen molar-refractivity contribution in [3.05, 3.63) is 18.2 Å². The van der Waals surface area contributed by atoms with Crippen LogP contribution in [0.1, 0.15) is 19.5 Å². The molecule has 0 aliphatic carbocycles. The average molecular weight is 153 g/mol. The number of aromatic nitrogens is 2. The average Bonchev–Trinajstić information content (AvgIpc) is 2.34. The topological polar surface area (TPSA) is 43.8 Å². The van der Waals surface area contributed by atoms with E-state index in [2.05, 4.69) is 16.5 Å². The molecule has 0 aliphatic rings. The van der Waals surface area contributed by atoms with E-state index in [0.29, 0.717) is 0 Å². The number of imidazole rings is 1. The number of hydrogen-bond donors (Lipinski definition) is 1. The van der Waals surface area contributed by atoms with Crippen molar-refractivity contribution >= 4 is 0 Å². The maximum atomic E-state index is 5.67. The molecule has 0 aromatic carbocycles. The van der Waals surface area contributed by atoms with Crippen LogP contribution in [-0.4, -0.2) is 15.6 Å². The zero-order valence-corrected chi connectivity index (χ0v) is 7.12. The van der Waals surface area contributed by atoms with Gasteiger partial charge in [0.2, 0.25) is 0 Å². The van der Waals surface area contributed by atoms with Crippen molar-refractivity contribution in [2.45, 2.75) is 32.9 Å². The van der Waals surface area contributed by atoms with Crippen LogP contribution in [0.4, 0.5) is 0 Å². The lowest BCUT2D eigenvalue weighted by Crippen LogP contribution is -2.19. The third kappa shape index (κ3) is 2.05. The summed E-state index contributed by atoms with van der Waals surface area (Å²) in [5.74, 6) is 0. The van der Waals surface area contributed by atoms with Crippen LogP contribution in [0.3, 0.4) is 0 Å². The first kappa shape index (κ1) is 8.27. The largest absolute Gasteiger partial charge is 0.335 e.